The fourth-order valence-electron chi connectivity index (χ4n) is 0.935. The maximum atomic E-state index is 11.1. The first-order valence-corrected chi connectivity index (χ1v) is 3.55. The van der Waals surface area contributed by atoms with Crippen molar-refractivity contribution in [1.82, 2.24) is 5.32 Å². The van der Waals surface area contributed by atoms with E-state index in [1.807, 2.05) is 12.2 Å². The van der Waals surface area contributed by atoms with Crippen LogP contribution >= 0.6 is 0 Å². The van der Waals surface area contributed by atoms with Crippen molar-refractivity contribution in [3.63, 3.8) is 0 Å². The molecule has 0 spiro atoms. The molecule has 0 saturated carbocycles. The molecule has 12 heavy (non-hydrogen) atoms. The number of carbonyl (C=O) groups excluding carboxylic acids is 1. The predicted octanol–water partition coefficient (Wildman–Crippen LogP) is 1.05. The summed E-state index contributed by atoms with van der Waals surface area (Å²) in [4.78, 5) is 11.1. The van der Waals surface area contributed by atoms with Crippen molar-refractivity contribution in [2.75, 3.05) is 0 Å². The topological polar surface area (TPSA) is 66.0 Å². The molecule has 0 atom stereocenters. The third-order valence-electron chi connectivity index (χ3n) is 1.48. The molecule has 0 bridgehead atoms. The lowest BCUT2D eigenvalue weighted by Crippen LogP contribution is -2.17. The number of nitrogens with one attached hydrogen (secondary N) is 1. The molecule has 1 amide bonds. The van der Waals surface area contributed by atoms with Crippen molar-refractivity contribution in [3.8, 4) is 6.19 Å². The van der Waals surface area contributed by atoms with Gasteiger partial charge in [0.15, 0.2) is 6.19 Å². The maximum absolute atomic E-state index is 11.1. The number of furan rings is 1. The fourth-order valence-corrected chi connectivity index (χ4v) is 0.935. The van der Waals surface area contributed by atoms with Gasteiger partial charge in [-0.05, 0) is 6.07 Å². The van der Waals surface area contributed by atoms with E-state index in [2.05, 4.69) is 0 Å². The zero-order valence-corrected chi connectivity index (χ0v) is 6.63. The van der Waals surface area contributed by atoms with Crippen LogP contribution in [-0.4, -0.2) is 5.91 Å². The molecule has 4 nitrogen and oxygen atoms in total. The summed E-state index contributed by atoms with van der Waals surface area (Å²) in [5.74, 6) is 0.186. The Labute approximate surface area is 69.8 Å². The van der Waals surface area contributed by atoms with Gasteiger partial charge in [-0.1, -0.05) is 6.92 Å². The van der Waals surface area contributed by atoms with Crippen LogP contribution in [0.15, 0.2) is 16.7 Å². The lowest BCUT2D eigenvalue weighted by atomic mass is 10.2. The van der Waals surface area contributed by atoms with Gasteiger partial charge in [0.25, 0.3) is 5.91 Å². The molecule has 1 aromatic heterocycles. The van der Waals surface area contributed by atoms with Crippen LogP contribution in [0.5, 0.6) is 0 Å². The van der Waals surface area contributed by atoms with Crippen LogP contribution in [0.1, 0.15) is 23.0 Å². The van der Waals surface area contributed by atoms with Gasteiger partial charge in [-0.25, -0.2) is 0 Å². The van der Waals surface area contributed by atoms with E-state index in [1.54, 1.807) is 12.3 Å². The van der Waals surface area contributed by atoms with Crippen LogP contribution in [0.3, 0.4) is 0 Å². The largest absolute Gasteiger partial charge is 0.469 e. The second kappa shape index (κ2) is 3.58. The predicted molar refractivity (Wildman–Crippen MR) is 41.2 cm³/mol. The lowest BCUT2D eigenvalue weighted by Gasteiger charge is -1.94. The van der Waals surface area contributed by atoms with Gasteiger partial charge in [0, 0.05) is 6.42 Å². The fraction of sp³-hybridized carbons (Fsp3) is 0.250. The number of amides is 1. The number of hydrogen-bond donors (Lipinski definition) is 1. The number of hydrogen-bond acceptors (Lipinski definition) is 3. The van der Waals surface area contributed by atoms with E-state index in [-0.39, 0.29) is 0 Å². The minimum atomic E-state index is -0.414. The summed E-state index contributed by atoms with van der Waals surface area (Å²) >= 11 is 0. The van der Waals surface area contributed by atoms with E-state index in [4.69, 9.17) is 9.68 Å². The van der Waals surface area contributed by atoms with E-state index in [0.29, 0.717) is 17.7 Å². The first-order valence-electron chi connectivity index (χ1n) is 3.55. The minimum absolute atomic E-state index is 0.414. The Bertz CT molecular complexity index is 322. The Morgan fingerprint density at radius 3 is 3.17 bits per heavy atom. The molecule has 1 N–H and O–H groups in total. The van der Waals surface area contributed by atoms with Gasteiger partial charge >= 0.3 is 0 Å². The number of nitriles is 1. The minimum Gasteiger partial charge on any atom is -0.469 e. The zero-order valence-electron chi connectivity index (χ0n) is 6.63. The number of aryl methyl sites for hydroxylation is 1. The van der Waals surface area contributed by atoms with Gasteiger partial charge in [-0.3, -0.25) is 10.1 Å². The molecule has 0 aromatic carbocycles. The Kier molecular flexibility index (Phi) is 2.49. The summed E-state index contributed by atoms with van der Waals surface area (Å²) in [5, 5.41) is 10.2. The van der Waals surface area contributed by atoms with E-state index in [1.165, 1.54) is 6.26 Å². The van der Waals surface area contributed by atoms with E-state index < -0.39 is 5.91 Å². The highest BCUT2D eigenvalue weighted by molar-refractivity contribution is 5.95. The third kappa shape index (κ3) is 1.45. The first-order chi connectivity index (χ1) is 5.79. The normalized spacial score (nSPS) is 9.00. The van der Waals surface area contributed by atoms with Crippen LogP contribution in [0.4, 0.5) is 0 Å². The second-order valence-electron chi connectivity index (χ2n) is 2.18. The Morgan fingerprint density at radius 2 is 2.58 bits per heavy atom. The van der Waals surface area contributed by atoms with Crippen molar-refractivity contribution < 1.29 is 9.21 Å². The molecular formula is C8H8N2O2. The number of nitrogens with zero attached hydrogens (tertiary/aromatic N) is 1. The molecule has 0 aliphatic rings. The molecule has 0 fully saturated rings. The Morgan fingerprint density at radius 1 is 1.83 bits per heavy atom. The zero-order chi connectivity index (χ0) is 8.97. The summed E-state index contributed by atoms with van der Waals surface area (Å²) < 4.78 is 5.01. The van der Waals surface area contributed by atoms with Crippen molar-refractivity contribution in [2.24, 2.45) is 0 Å². The second-order valence-corrected chi connectivity index (χ2v) is 2.18. The molecule has 0 aliphatic heterocycles. The smallest absolute Gasteiger partial charge is 0.267 e. The maximum Gasteiger partial charge on any atom is 0.267 e. The highest BCUT2D eigenvalue weighted by Gasteiger charge is 2.11. The standard InChI is InChI=1S/C8H8N2O2/c1-2-7-6(3-4-12-7)8(11)10-5-9/h3-4H,2H2,1H3,(H,10,11). The van der Waals surface area contributed by atoms with Crippen molar-refractivity contribution in [1.29, 1.82) is 5.26 Å². The first kappa shape index (κ1) is 8.34. The summed E-state index contributed by atoms with van der Waals surface area (Å²) in [6, 6.07) is 1.55. The third-order valence-corrected chi connectivity index (χ3v) is 1.48. The van der Waals surface area contributed by atoms with E-state index in [0.717, 1.165) is 0 Å². The average Bonchev–Trinajstić information content (AvgIpc) is 2.51. The van der Waals surface area contributed by atoms with Crippen molar-refractivity contribution >= 4 is 5.91 Å². The number of rotatable bonds is 2. The molecule has 0 saturated heterocycles. The van der Waals surface area contributed by atoms with Crippen LogP contribution in [-0.2, 0) is 6.42 Å². The Balaban J connectivity index is 2.88. The molecule has 0 radical (unpaired) electrons. The van der Waals surface area contributed by atoms with Gasteiger partial charge in [0.05, 0.1) is 11.8 Å². The molecule has 0 unspecified atom stereocenters. The SMILES string of the molecule is CCc1occc1C(=O)NC#N. The van der Waals surface area contributed by atoms with Crippen molar-refractivity contribution in [2.45, 2.75) is 13.3 Å². The Hall–Kier alpha value is -1.76. The summed E-state index contributed by atoms with van der Waals surface area (Å²) in [5.41, 5.74) is 0.430. The van der Waals surface area contributed by atoms with Crippen LogP contribution in [0.2, 0.25) is 0 Å². The van der Waals surface area contributed by atoms with E-state index >= 15 is 0 Å². The summed E-state index contributed by atoms with van der Waals surface area (Å²) in [6.07, 6.45) is 3.64. The molecule has 62 valence electrons. The molecule has 1 aromatic rings. The van der Waals surface area contributed by atoms with Gasteiger partial charge in [0.2, 0.25) is 0 Å². The van der Waals surface area contributed by atoms with Crippen LogP contribution in [0.25, 0.3) is 0 Å². The lowest BCUT2D eigenvalue weighted by molar-refractivity contribution is 0.0971. The van der Waals surface area contributed by atoms with Gasteiger partial charge in [-0.15, -0.1) is 0 Å². The summed E-state index contributed by atoms with van der Waals surface area (Å²) in [7, 11) is 0. The summed E-state index contributed by atoms with van der Waals surface area (Å²) in [6.45, 7) is 1.88. The molecule has 4 heteroatoms. The van der Waals surface area contributed by atoms with Gasteiger partial charge < -0.3 is 4.42 Å². The molecule has 0 aliphatic carbocycles. The molecule has 1 rings (SSSR count). The van der Waals surface area contributed by atoms with Gasteiger partial charge in [-0.2, -0.15) is 5.26 Å². The van der Waals surface area contributed by atoms with E-state index in [9.17, 15) is 4.79 Å². The quantitative estimate of drug-likeness (QED) is 0.524. The van der Waals surface area contributed by atoms with Gasteiger partial charge in [0.1, 0.15) is 5.76 Å². The van der Waals surface area contributed by atoms with Crippen LogP contribution < -0.4 is 5.32 Å². The molecule has 1 heterocycles. The number of carbonyl (C=O) groups is 1. The average molecular weight is 164 g/mol. The molecular weight excluding hydrogens is 156 g/mol. The van der Waals surface area contributed by atoms with Crippen LogP contribution in [0, 0.1) is 11.5 Å². The highest BCUT2D eigenvalue weighted by Crippen LogP contribution is 2.10. The highest BCUT2D eigenvalue weighted by atomic mass is 16.3. The monoisotopic (exact) mass is 164 g/mol. The van der Waals surface area contributed by atoms with Crippen molar-refractivity contribution in [3.05, 3.63) is 23.7 Å².